The van der Waals surface area contributed by atoms with Crippen LogP contribution in [0.4, 0.5) is 16.2 Å². The molecule has 2 aliphatic rings. The predicted octanol–water partition coefficient (Wildman–Crippen LogP) is 6.44. The van der Waals surface area contributed by atoms with Crippen LogP contribution in [0, 0.1) is 11.8 Å². The van der Waals surface area contributed by atoms with Crippen molar-refractivity contribution in [1.82, 2.24) is 5.32 Å². The van der Waals surface area contributed by atoms with Gasteiger partial charge in [0, 0.05) is 30.3 Å². The molecule has 7 heteroatoms. The molecule has 0 spiro atoms. The molecule has 2 aromatic rings. The SMILES string of the molecule is CC(=O)N1c2ccc(-c3cccc(NC(=O)C4CCC(C)CC4)c3)cc2[C@H](NC(=O)OC(C)C)C[C@@H]1C. The zero-order valence-corrected chi connectivity index (χ0v) is 22.5. The number of hydrogen-bond acceptors (Lipinski definition) is 4. The van der Waals surface area contributed by atoms with Gasteiger partial charge in [-0.2, -0.15) is 0 Å². The normalized spacial score (nSPS) is 23.2. The number of nitrogens with one attached hydrogen (secondary N) is 2. The van der Waals surface area contributed by atoms with Gasteiger partial charge in [0.15, 0.2) is 0 Å². The van der Waals surface area contributed by atoms with Crippen LogP contribution in [0.15, 0.2) is 42.5 Å². The first kappa shape index (κ1) is 26.7. The molecular formula is C30H39N3O4. The van der Waals surface area contributed by atoms with E-state index in [1.165, 1.54) is 0 Å². The van der Waals surface area contributed by atoms with Gasteiger partial charge in [-0.25, -0.2) is 4.79 Å². The summed E-state index contributed by atoms with van der Waals surface area (Å²) < 4.78 is 5.33. The number of alkyl carbamates (subject to hydrolysis) is 1. The number of rotatable bonds is 5. The summed E-state index contributed by atoms with van der Waals surface area (Å²) in [6.45, 7) is 9.42. The zero-order valence-electron chi connectivity index (χ0n) is 22.5. The zero-order chi connectivity index (χ0) is 26.7. The van der Waals surface area contributed by atoms with Gasteiger partial charge < -0.3 is 20.3 Å². The first-order valence-electron chi connectivity index (χ1n) is 13.4. The Morgan fingerprint density at radius 3 is 2.35 bits per heavy atom. The Kier molecular flexibility index (Phi) is 8.20. The molecule has 2 atom stereocenters. The summed E-state index contributed by atoms with van der Waals surface area (Å²) in [5, 5.41) is 6.11. The lowest BCUT2D eigenvalue weighted by Gasteiger charge is -2.39. The van der Waals surface area contributed by atoms with E-state index in [9.17, 15) is 14.4 Å². The van der Waals surface area contributed by atoms with Crippen LogP contribution in [-0.4, -0.2) is 30.1 Å². The summed E-state index contributed by atoms with van der Waals surface area (Å²) in [5.41, 5.74) is 4.34. The minimum Gasteiger partial charge on any atom is -0.447 e. The molecule has 1 heterocycles. The maximum atomic E-state index is 12.9. The van der Waals surface area contributed by atoms with Crippen molar-refractivity contribution < 1.29 is 19.1 Å². The number of anilines is 2. The van der Waals surface area contributed by atoms with Gasteiger partial charge in [-0.1, -0.05) is 25.1 Å². The van der Waals surface area contributed by atoms with E-state index in [0.717, 1.165) is 53.7 Å². The van der Waals surface area contributed by atoms with E-state index >= 15 is 0 Å². The van der Waals surface area contributed by atoms with Gasteiger partial charge in [-0.3, -0.25) is 9.59 Å². The Balaban J connectivity index is 1.60. The third-order valence-corrected chi connectivity index (χ3v) is 7.50. The first-order valence-corrected chi connectivity index (χ1v) is 13.4. The summed E-state index contributed by atoms with van der Waals surface area (Å²) in [6, 6.07) is 13.4. The maximum absolute atomic E-state index is 12.9. The second kappa shape index (κ2) is 11.4. The second-order valence-electron chi connectivity index (χ2n) is 10.9. The minimum atomic E-state index is -0.471. The van der Waals surface area contributed by atoms with Gasteiger partial charge >= 0.3 is 6.09 Å². The Morgan fingerprint density at radius 2 is 1.68 bits per heavy atom. The fourth-order valence-corrected chi connectivity index (χ4v) is 5.59. The number of benzene rings is 2. The molecule has 2 aromatic carbocycles. The third kappa shape index (κ3) is 6.32. The van der Waals surface area contributed by atoms with Gasteiger partial charge in [0.05, 0.1) is 12.1 Å². The molecule has 4 rings (SSSR count). The van der Waals surface area contributed by atoms with Crippen LogP contribution in [-0.2, 0) is 14.3 Å². The lowest BCUT2D eigenvalue weighted by Crippen LogP contribution is -2.45. The molecule has 0 bridgehead atoms. The van der Waals surface area contributed by atoms with Gasteiger partial charge in [0.2, 0.25) is 11.8 Å². The highest BCUT2D eigenvalue weighted by atomic mass is 16.6. The molecule has 37 heavy (non-hydrogen) atoms. The second-order valence-corrected chi connectivity index (χ2v) is 10.9. The number of nitrogens with zero attached hydrogens (tertiary/aromatic N) is 1. The molecule has 0 radical (unpaired) electrons. The van der Waals surface area contributed by atoms with Crippen molar-refractivity contribution in [3.8, 4) is 11.1 Å². The fraction of sp³-hybridized carbons (Fsp3) is 0.500. The lowest BCUT2D eigenvalue weighted by molar-refractivity contribution is -0.121. The van der Waals surface area contributed by atoms with E-state index in [0.29, 0.717) is 12.3 Å². The molecule has 0 unspecified atom stereocenters. The highest BCUT2D eigenvalue weighted by molar-refractivity contribution is 5.95. The quantitative estimate of drug-likeness (QED) is 0.490. The molecular weight excluding hydrogens is 466 g/mol. The minimum absolute atomic E-state index is 0.0356. The van der Waals surface area contributed by atoms with Crippen LogP contribution in [0.2, 0.25) is 0 Å². The van der Waals surface area contributed by atoms with Crippen molar-refractivity contribution >= 4 is 29.3 Å². The van der Waals surface area contributed by atoms with E-state index < -0.39 is 6.09 Å². The average Bonchev–Trinajstić information content (AvgIpc) is 2.83. The predicted molar refractivity (Wildman–Crippen MR) is 146 cm³/mol. The smallest absolute Gasteiger partial charge is 0.407 e. The Bertz CT molecular complexity index is 1150. The molecule has 1 aliphatic heterocycles. The Labute approximate surface area is 220 Å². The van der Waals surface area contributed by atoms with Crippen molar-refractivity contribution in [2.24, 2.45) is 11.8 Å². The van der Waals surface area contributed by atoms with E-state index in [-0.39, 0.29) is 35.9 Å². The first-order chi connectivity index (χ1) is 17.6. The van der Waals surface area contributed by atoms with Crippen molar-refractivity contribution in [3.05, 3.63) is 48.0 Å². The number of fused-ring (bicyclic) bond motifs is 1. The van der Waals surface area contributed by atoms with Crippen LogP contribution in [0.3, 0.4) is 0 Å². The summed E-state index contributed by atoms with van der Waals surface area (Å²) >= 11 is 0. The topological polar surface area (TPSA) is 87.7 Å². The molecule has 1 aliphatic carbocycles. The van der Waals surface area contributed by atoms with Gasteiger partial charge in [0.1, 0.15) is 0 Å². The van der Waals surface area contributed by atoms with Crippen molar-refractivity contribution in [3.63, 3.8) is 0 Å². The molecule has 2 N–H and O–H groups in total. The fourth-order valence-electron chi connectivity index (χ4n) is 5.59. The summed E-state index contributed by atoms with van der Waals surface area (Å²) in [5.74, 6) is 0.824. The number of amides is 3. The molecule has 7 nitrogen and oxygen atoms in total. The van der Waals surface area contributed by atoms with E-state index in [1.807, 2.05) is 63.2 Å². The summed E-state index contributed by atoms with van der Waals surface area (Å²) in [7, 11) is 0. The molecule has 0 aromatic heterocycles. The molecule has 3 amide bonds. The number of carbonyl (C=O) groups is 3. The maximum Gasteiger partial charge on any atom is 0.407 e. The van der Waals surface area contributed by atoms with Crippen LogP contribution >= 0.6 is 0 Å². The molecule has 0 saturated heterocycles. The highest BCUT2D eigenvalue weighted by Gasteiger charge is 2.34. The largest absolute Gasteiger partial charge is 0.447 e. The van der Waals surface area contributed by atoms with Gasteiger partial charge in [-0.05, 0) is 99.7 Å². The third-order valence-electron chi connectivity index (χ3n) is 7.50. The number of ether oxygens (including phenoxy) is 1. The van der Waals surface area contributed by atoms with Crippen molar-refractivity contribution in [2.75, 3.05) is 10.2 Å². The molecule has 198 valence electrons. The van der Waals surface area contributed by atoms with Crippen LogP contribution < -0.4 is 15.5 Å². The molecule has 1 saturated carbocycles. The number of carbonyl (C=O) groups excluding carboxylic acids is 3. The highest BCUT2D eigenvalue weighted by Crippen LogP contribution is 2.40. The monoisotopic (exact) mass is 505 g/mol. The van der Waals surface area contributed by atoms with Crippen molar-refractivity contribution in [1.29, 1.82) is 0 Å². The average molecular weight is 506 g/mol. The van der Waals surface area contributed by atoms with Gasteiger partial charge in [0.25, 0.3) is 0 Å². The Hall–Kier alpha value is -3.35. The Morgan fingerprint density at radius 1 is 0.973 bits per heavy atom. The van der Waals surface area contributed by atoms with Crippen LogP contribution in [0.5, 0.6) is 0 Å². The number of hydrogen-bond donors (Lipinski definition) is 2. The van der Waals surface area contributed by atoms with Gasteiger partial charge in [-0.15, -0.1) is 0 Å². The van der Waals surface area contributed by atoms with E-state index in [1.54, 1.807) is 11.8 Å². The van der Waals surface area contributed by atoms with E-state index in [2.05, 4.69) is 17.6 Å². The van der Waals surface area contributed by atoms with Crippen LogP contribution in [0.25, 0.3) is 11.1 Å². The summed E-state index contributed by atoms with van der Waals surface area (Å²) in [4.78, 5) is 39.6. The van der Waals surface area contributed by atoms with Crippen molar-refractivity contribution in [2.45, 2.75) is 84.9 Å². The standard InChI is InChI=1S/C30H39N3O4/c1-18(2)37-30(36)32-27-15-20(4)33(21(5)34)28-14-13-24(17-26(27)28)23-7-6-8-25(16-23)31-29(35)22-11-9-19(3)10-12-22/h6-8,13-14,16-20,22,27H,9-12,15H2,1-5H3,(H,31,35)(H,32,36)/t19?,20-,22?,27+/m0/s1. The van der Waals surface area contributed by atoms with E-state index in [4.69, 9.17) is 4.74 Å². The lowest BCUT2D eigenvalue weighted by atomic mass is 9.82. The molecule has 1 fully saturated rings. The van der Waals surface area contributed by atoms with Crippen LogP contribution in [0.1, 0.15) is 78.3 Å². The summed E-state index contributed by atoms with van der Waals surface area (Å²) in [6.07, 6.45) is 3.97.